The number of rotatable bonds is 11. The number of para-hydroxylation sites is 1. The van der Waals surface area contributed by atoms with E-state index in [1.54, 1.807) is 6.07 Å². The van der Waals surface area contributed by atoms with E-state index in [9.17, 15) is 39.0 Å². The van der Waals surface area contributed by atoms with E-state index in [1.807, 2.05) is 30.3 Å². The predicted octanol–water partition coefficient (Wildman–Crippen LogP) is 2.14. The number of nitrogens with zero attached hydrogens (tertiary/aromatic N) is 1. The highest BCUT2D eigenvalue weighted by Crippen LogP contribution is 2.26. The Morgan fingerprint density at radius 2 is 1.64 bits per heavy atom. The van der Waals surface area contributed by atoms with Gasteiger partial charge < -0.3 is 41.1 Å². The molecule has 4 rings (SSSR count). The first-order valence-electron chi connectivity index (χ1n) is 13.4. The number of carboxylic acids is 2. The van der Waals surface area contributed by atoms with Crippen molar-refractivity contribution >= 4 is 47.1 Å². The number of aliphatic carboxylic acids is 1. The summed E-state index contributed by atoms with van der Waals surface area (Å²) in [6.07, 6.45) is -0.798. The fourth-order valence-electron chi connectivity index (χ4n) is 4.34. The molecule has 1 aliphatic heterocycles. The normalized spacial score (nSPS) is 12.9. The Morgan fingerprint density at radius 3 is 2.36 bits per heavy atom. The third-order valence-corrected chi connectivity index (χ3v) is 6.45. The van der Waals surface area contributed by atoms with Gasteiger partial charge in [0.15, 0.2) is 0 Å². The van der Waals surface area contributed by atoms with Crippen LogP contribution in [0.5, 0.6) is 5.75 Å². The van der Waals surface area contributed by atoms with Crippen molar-refractivity contribution in [2.75, 3.05) is 30.3 Å². The number of anilines is 2. The molecule has 0 saturated heterocycles. The van der Waals surface area contributed by atoms with Crippen molar-refractivity contribution < 1.29 is 43.7 Å². The molecule has 14 heteroatoms. The number of ether oxygens (including phenoxy) is 1. The lowest BCUT2D eigenvalue weighted by molar-refractivity contribution is -0.139. The van der Waals surface area contributed by atoms with Gasteiger partial charge in [-0.15, -0.1) is 0 Å². The zero-order chi connectivity index (χ0) is 31.6. The second-order valence-electron chi connectivity index (χ2n) is 9.64. The van der Waals surface area contributed by atoms with Crippen LogP contribution < -0.4 is 26.0 Å². The molecule has 228 valence electrons. The number of aromatic carboxylic acids is 1. The summed E-state index contributed by atoms with van der Waals surface area (Å²) in [7, 11) is 0. The molecular formula is C30H29N5O9. The van der Waals surface area contributed by atoms with Crippen LogP contribution in [0.2, 0.25) is 0 Å². The van der Waals surface area contributed by atoms with E-state index in [0.29, 0.717) is 5.69 Å². The fourth-order valence-corrected chi connectivity index (χ4v) is 4.34. The number of carboxylic acid groups (broad SMARTS) is 2. The van der Waals surface area contributed by atoms with Gasteiger partial charge in [-0.25, -0.2) is 9.59 Å². The molecule has 0 saturated carbocycles. The van der Waals surface area contributed by atoms with Crippen LogP contribution >= 0.6 is 0 Å². The Balaban J connectivity index is 1.41. The van der Waals surface area contributed by atoms with Crippen molar-refractivity contribution in [3.63, 3.8) is 0 Å². The molecule has 0 spiro atoms. The average molecular weight is 604 g/mol. The number of amides is 5. The highest BCUT2D eigenvalue weighted by Gasteiger charge is 2.29. The maximum Gasteiger partial charge on any atom is 0.337 e. The molecule has 14 nitrogen and oxygen atoms in total. The van der Waals surface area contributed by atoms with Gasteiger partial charge in [-0.3, -0.25) is 19.2 Å². The lowest BCUT2D eigenvalue weighted by Gasteiger charge is -2.22. The molecule has 0 fully saturated rings. The molecule has 44 heavy (non-hydrogen) atoms. The number of carbonyl (C=O) groups excluding carboxylic acids is 4. The molecule has 0 aliphatic carbocycles. The van der Waals surface area contributed by atoms with Gasteiger partial charge in [0.25, 0.3) is 5.91 Å². The van der Waals surface area contributed by atoms with Gasteiger partial charge in [-0.05, 0) is 35.9 Å². The van der Waals surface area contributed by atoms with E-state index >= 15 is 0 Å². The van der Waals surface area contributed by atoms with Crippen LogP contribution in [0, 0.1) is 0 Å². The number of hydrogen-bond donors (Lipinski definition) is 6. The molecule has 5 amide bonds. The van der Waals surface area contributed by atoms with Crippen LogP contribution in [0.4, 0.5) is 16.2 Å². The second kappa shape index (κ2) is 14.3. The smallest absolute Gasteiger partial charge is 0.337 e. The first kappa shape index (κ1) is 31.0. The first-order valence-corrected chi connectivity index (χ1v) is 13.4. The molecule has 1 aliphatic rings. The van der Waals surface area contributed by atoms with Crippen LogP contribution in [0.15, 0.2) is 72.8 Å². The molecule has 0 radical (unpaired) electrons. The van der Waals surface area contributed by atoms with Crippen molar-refractivity contribution in [1.29, 1.82) is 0 Å². The fraction of sp³-hybridized carbons (Fsp3) is 0.200. The van der Waals surface area contributed by atoms with Gasteiger partial charge in [0.05, 0.1) is 36.3 Å². The summed E-state index contributed by atoms with van der Waals surface area (Å²) in [5, 5.41) is 28.7. The predicted molar refractivity (Wildman–Crippen MR) is 156 cm³/mol. The Hall–Kier alpha value is -5.92. The molecule has 1 unspecified atom stereocenters. The lowest BCUT2D eigenvalue weighted by atomic mass is 10.1. The second-order valence-corrected chi connectivity index (χ2v) is 9.64. The SMILES string of the molecule is O=C(O)CC(NC(=O)CN1CCOc2ccc(NC(=O)NCc3ccccc3)cc2C1=O)C(=O)Nc1ccccc1C(=O)O. The number of fused-ring (bicyclic) bond motifs is 1. The topological polar surface area (TPSA) is 203 Å². The van der Waals surface area contributed by atoms with Gasteiger partial charge >= 0.3 is 18.0 Å². The number of urea groups is 1. The van der Waals surface area contributed by atoms with Gasteiger partial charge in [0.2, 0.25) is 11.8 Å². The molecule has 3 aromatic rings. The maximum absolute atomic E-state index is 13.4. The summed E-state index contributed by atoms with van der Waals surface area (Å²) in [5.74, 6) is -4.83. The highest BCUT2D eigenvalue weighted by atomic mass is 16.5. The van der Waals surface area contributed by atoms with Crippen LogP contribution in [-0.2, 0) is 20.9 Å². The molecule has 6 N–H and O–H groups in total. The van der Waals surface area contributed by atoms with E-state index in [0.717, 1.165) is 10.5 Å². The van der Waals surface area contributed by atoms with E-state index in [2.05, 4.69) is 21.3 Å². The number of nitrogens with one attached hydrogen (secondary N) is 4. The Bertz CT molecular complexity index is 1580. The summed E-state index contributed by atoms with van der Waals surface area (Å²) < 4.78 is 5.65. The van der Waals surface area contributed by atoms with Crippen LogP contribution in [0.25, 0.3) is 0 Å². The minimum Gasteiger partial charge on any atom is -0.491 e. The van der Waals surface area contributed by atoms with Crippen LogP contribution in [0.1, 0.15) is 32.7 Å². The zero-order valence-electron chi connectivity index (χ0n) is 23.2. The third kappa shape index (κ3) is 8.31. The molecular weight excluding hydrogens is 574 g/mol. The average Bonchev–Trinajstić information content (AvgIpc) is 3.14. The Kier molecular flexibility index (Phi) is 10.1. The number of carbonyl (C=O) groups is 6. The highest BCUT2D eigenvalue weighted by molar-refractivity contribution is 6.05. The van der Waals surface area contributed by atoms with Gasteiger partial charge in [-0.2, -0.15) is 0 Å². The van der Waals surface area contributed by atoms with Crippen LogP contribution in [0.3, 0.4) is 0 Å². The summed E-state index contributed by atoms with van der Waals surface area (Å²) in [5.41, 5.74) is 0.982. The summed E-state index contributed by atoms with van der Waals surface area (Å²) in [4.78, 5) is 75.6. The maximum atomic E-state index is 13.4. The van der Waals surface area contributed by atoms with E-state index in [1.165, 1.54) is 36.4 Å². The van der Waals surface area contributed by atoms with Crippen molar-refractivity contribution in [1.82, 2.24) is 15.5 Å². The summed E-state index contributed by atoms with van der Waals surface area (Å²) >= 11 is 0. The molecule has 3 aromatic carbocycles. The van der Waals surface area contributed by atoms with Crippen molar-refractivity contribution in [2.24, 2.45) is 0 Å². The Labute approximate surface area is 251 Å². The van der Waals surface area contributed by atoms with Crippen molar-refractivity contribution in [3.8, 4) is 5.75 Å². The Morgan fingerprint density at radius 1 is 0.909 bits per heavy atom. The first-order chi connectivity index (χ1) is 21.1. The molecule has 1 heterocycles. The molecule has 0 aromatic heterocycles. The third-order valence-electron chi connectivity index (χ3n) is 6.45. The largest absolute Gasteiger partial charge is 0.491 e. The van der Waals surface area contributed by atoms with Crippen molar-refractivity contribution in [2.45, 2.75) is 19.0 Å². The van der Waals surface area contributed by atoms with E-state index in [4.69, 9.17) is 4.74 Å². The standard InChI is InChI=1S/C30H29N5O9/c36-25(33-23(15-26(37)38)27(39)34-22-9-5-4-8-20(22)29(41)42)17-35-12-13-44-24-11-10-19(14-21(24)28(35)40)32-30(43)31-16-18-6-2-1-3-7-18/h1-11,14,23H,12-13,15-17H2,(H,33,36)(H,34,39)(H,37,38)(H,41,42)(H2,31,32,43). The van der Waals surface area contributed by atoms with Gasteiger partial charge in [0.1, 0.15) is 18.4 Å². The minimum atomic E-state index is -1.57. The molecule has 0 bridgehead atoms. The van der Waals surface area contributed by atoms with E-state index in [-0.39, 0.29) is 42.3 Å². The van der Waals surface area contributed by atoms with Crippen LogP contribution in [-0.4, -0.2) is 76.5 Å². The quantitative estimate of drug-likeness (QED) is 0.190. The number of benzene rings is 3. The zero-order valence-corrected chi connectivity index (χ0v) is 23.2. The number of hydrogen-bond acceptors (Lipinski definition) is 7. The van der Waals surface area contributed by atoms with Crippen molar-refractivity contribution in [3.05, 3.63) is 89.5 Å². The molecule has 1 atom stereocenters. The summed E-state index contributed by atoms with van der Waals surface area (Å²) in [6.45, 7) is -0.202. The van der Waals surface area contributed by atoms with Gasteiger partial charge in [0, 0.05) is 12.2 Å². The monoisotopic (exact) mass is 603 g/mol. The summed E-state index contributed by atoms with van der Waals surface area (Å²) in [6, 6.07) is 17.2. The van der Waals surface area contributed by atoms with Gasteiger partial charge in [-0.1, -0.05) is 42.5 Å². The minimum absolute atomic E-state index is 0.00301. The van der Waals surface area contributed by atoms with E-state index < -0.39 is 54.7 Å². The lowest BCUT2D eigenvalue weighted by Crippen LogP contribution is -2.49.